The molecule has 19 heavy (non-hydrogen) atoms. The average molecular weight is 437 g/mol. The highest BCUT2D eigenvalue weighted by atomic mass is 127. The highest BCUT2D eigenvalue weighted by molar-refractivity contribution is 14.1. The summed E-state index contributed by atoms with van der Waals surface area (Å²) in [6, 6.07) is 6.13. The molecular weight excluding hydrogens is 419 g/mol. The minimum Gasteiger partial charge on any atom is -0.388 e. The molecule has 1 aromatic carbocycles. The Bertz CT molecular complexity index is 473. The lowest BCUT2D eigenvalue weighted by atomic mass is 9.70. The van der Waals surface area contributed by atoms with Crippen LogP contribution in [0.1, 0.15) is 43.8 Å². The van der Waals surface area contributed by atoms with Crippen LogP contribution < -0.4 is 0 Å². The van der Waals surface area contributed by atoms with Gasteiger partial charge in [-0.2, -0.15) is 0 Å². The summed E-state index contributed by atoms with van der Waals surface area (Å²) in [5.41, 5.74) is 1.15. The molecule has 1 spiro atoms. The van der Waals surface area contributed by atoms with Crippen molar-refractivity contribution in [1.29, 1.82) is 0 Å². The monoisotopic (exact) mass is 436 g/mol. The van der Waals surface area contributed by atoms with Gasteiger partial charge in [0.15, 0.2) is 0 Å². The molecular formula is C15H18BrIO2. The molecule has 0 aromatic heterocycles. The number of benzene rings is 1. The third kappa shape index (κ3) is 2.87. The van der Waals surface area contributed by atoms with E-state index in [0.717, 1.165) is 33.1 Å². The molecule has 2 fully saturated rings. The lowest BCUT2D eigenvalue weighted by Gasteiger charge is -2.48. The normalized spacial score (nSPS) is 27.0. The highest BCUT2D eigenvalue weighted by Gasteiger charge is 2.44. The van der Waals surface area contributed by atoms with E-state index in [0.29, 0.717) is 5.92 Å². The lowest BCUT2D eigenvalue weighted by molar-refractivity contribution is -0.157. The van der Waals surface area contributed by atoms with Crippen LogP contribution in [0.3, 0.4) is 0 Å². The van der Waals surface area contributed by atoms with Crippen LogP contribution in [0, 0.1) is 9.49 Å². The lowest BCUT2D eigenvalue weighted by Crippen LogP contribution is -2.46. The minimum atomic E-state index is -0.370. The van der Waals surface area contributed by atoms with Crippen molar-refractivity contribution in [2.75, 3.05) is 6.61 Å². The predicted molar refractivity (Wildman–Crippen MR) is 87.1 cm³/mol. The molecule has 2 aliphatic rings. The fourth-order valence-electron chi connectivity index (χ4n) is 3.25. The Labute approximate surface area is 136 Å². The van der Waals surface area contributed by atoms with Crippen LogP contribution >= 0.6 is 38.5 Å². The summed E-state index contributed by atoms with van der Waals surface area (Å²) >= 11 is 5.81. The zero-order valence-corrected chi connectivity index (χ0v) is 14.5. The molecule has 3 rings (SSSR count). The van der Waals surface area contributed by atoms with Crippen LogP contribution in [0.25, 0.3) is 0 Å². The summed E-state index contributed by atoms with van der Waals surface area (Å²) in [6.07, 6.45) is 5.22. The van der Waals surface area contributed by atoms with E-state index < -0.39 is 0 Å². The smallest absolute Gasteiger partial charge is 0.0830 e. The molecule has 2 atom stereocenters. The number of aliphatic hydroxyl groups is 1. The molecule has 104 valence electrons. The van der Waals surface area contributed by atoms with Crippen molar-refractivity contribution in [1.82, 2.24) is 0 Å². The van der Waals surface area contributed by atoms with E-state index in [1.54, 1.807) is 0 Å². The summed E-state index contributed by atoms with van der Waals surface area (Å²) in [4.78, 5) is 0. The molecule has 0 amide bonds. The second kappa shape index (κ2) is 5.62. The summed E-state index contributed by atoms with van der Waals surface area (Å²) in [5, 5.41) is 10.7. The SMILES string of the molecule is OC(c1cc(Br)ccc1I)C1CCOC2(CCC2)C1. The molecule has 1 aromatic rings. The number of halogens is 2. The Kier molecular flexibility index (Phi) is 4.23. The first-order valence-electron chi connectivity index (χ1n) is 6.87. The van der Waals surface area contributed by atoms with Gasteiger partial charge in [-0.1, -0.05) is 15.9 Å². The van der Waals surface area contributed by atoms with Crippen molar-refractivity contribution in [2.24, 2.45) is 5.92 Å². The average Bonchev–Trinajstić information content (AvgIpc) is 2.39. The Morgan fingerprint density at radius 2 is 2.21 bits per heavy atom. The fourth-order valence-corrected chi connectivity index (χ4v) is 4.28. The van der Waals surface area contributed by atoms with Crippen molar-refractivity contribution < 1.29 is 9.84 Å². The number of hydrogen-bond acceptors (Lipinski definition) is 2. The quantitative estimate of drug-likeness (QED) is 0.694. The predicted octanol–water partition coefficient (Wildman–Crippen LogP) is 4.44. The van der Waals surface area contributed by atoms with E-state index in [-0.39, 0.29) is 11.7 Å². The van der Waals surface area contributed by atoms with Crippen molar-refractivity contribution in [3.05, 3.63) is 31.8 Å². The molecule has 1 N–H and O–H groups in total. The van der Waals surface area contributed by atoms with Gasteiger partial charge in [0.05, 0.1) is 11.7 Å². The van der Waals surface area contributed by atoms with Crippen LogP contribution in [-0.4, -0.2) is 17.3 Å². The Hall–Kier alpha value is 0.350. The highest BCUT2D eigenvalue weighted by Crippen LogP contribution is 2.47. The van der Waals surface area contributed by atoms with E-state index in [2.05, 4.69) is 50.7 Å². The van der Waals surface area contributed by atoms with Crippen molar-refractivity contribution in [2.45, 2.75) is 43.8 Å². The number of ether oxygens (including phenoxy) is 1. The first kappa shape index (κ1) is 14.3. The Morgan fingerprint density at radius 3 is 2.89 bits per heavy atom. The van der Waals surface area contributed by atoms with E-state index >= 15 is 0 Å². The summed E-state index contributed by atoms with van der Waals surface area (Å²) in [6.45, 7) is 0.798. The summed E-state index contributed by atoms with van der Waals surface area (Å²) in [7, 11) is 0. The number of rotatable bonds is 2. The van der Waals surface area contributed by atoms with Crippen LogP contribution in [0.15, 0.2) is 22.7 Å². The topological polar surface area (TPSA) is 29.5 Å². The van der Waals surface area contributed by atoms with Crippen molar-refractivity contribution in [3.63, 3.8) is 0 Å². The molecule has 2 unspecified atom stereocenters. The van der Waals surface area contributed by atoms with Gasteiger partial charge in [-0.25, -0.2) is 0 Å². The molecule has 1 saturated carbocycles. The third-order valence-electron chi connectivity index (χ3n) is 4.52. The van der Waals surface area contributed by atoms with E-state index in [1.165, 1.54) is 19.3 Å². The maximum atomic E-state index is 10.7. The van der Waals surface area contributed by atoms with Gasteiger partial charge >= 0.3 is 0 Å². The molecule has 1 saturated heterocycles. The Morgan fingerprint density at radius 1 is 1.42 bits per heavy atom. The number of aliphatic hydroxyl groups excluding tert-OH is 1. The maximum absolute atomic E-state index is 10.7. The van der Waals surface area contributed by atoms with Gasteiger partial charge in [0.25, 0.3) is 0 Å². The van der Waals surface area contributed by atoms with Crippen LogP contribution in [0.4, 0.5) is 0 Å². The van der Waals surface area contributed by atoms with Crippen molar-refractivity contribution in [3.8, 4) is 0 Å². The second-order valence-corrected chi connectivity index (χ2v) is 7.83. The largest absolute Gasteiger partial charge is 0.388 e. The van der Waals surface area contributed by atoms with Gasteiger partial charge in [-0.05, 0) is 84.4 Å². The standard InChI is InChI=1S/C15H18BrIO2/c16-11-2-3-13(17)12(8-11)14(18)10-4-7-19-15(9-10)5-1-6-15/h2-3,8,10,14,18H,1,4-7,9H2. The first-order valence-corrected chi connectivity index (χ1v) is 8.74. The summed E-state index contributed by atoms with van der Waals surface area (Å²) < 4.78 is 8.13. The molecule has 1 aliphatic heterocycles. The van der Waals surface area contributed by atoms with Gasteiger partial charge in [-0.3, -0.25) is 0 Å². The zero-order chi connectivity index (χ0) is 13.5. The summed E-state index contributed by atoms with van der Waals surface area (Å²) in [5.74, 6) is 0.330. The molecule has 4 heteroatoms. The number of hydrogen-bond donors (Lipinski definition) is 1. The zero-order valence-electron chi connectivity index (χ0n) is 10.7. The fraction of sp³-hybridized carbons (Fsp3) is 0.600. The second-order valence-electron chi connectivity index (χ2n) is 5.75. The van der Waals surface area contributed by atoms with E-state index in [9.17, 15) is 5.11 Å². The van der Waals surface area contributed by atoms with Gasteiger partial charge in [0, 0.05) is 14.6 Å². The van der Waals surface area contributed by atoms with E-state index in [1.807, 2.05) is 6.07 Å². The minimum absolute atomic E-state index is 0.0986. The molecule has 0 bridgehead atoms. The van der Waals surface area contributed by atoms with Gasteiger partial charge in [-0.15, -0.1) is 0 Å². The van der Waals surface area contributed by atoms with Gasteiger partial charge in [0.1, 0.15) is 0 Å². The van der Waals surface area contributed by atoms with Gasteiger partial charge < -0.3 is 9.84 Å². The van der Waals surface area contributed by atoms with Crippen molar-refractivity contribution >= 4 is 38.5 Å². The van der Waals surface area contributed by atoms with Gasteiger partial charge in [0.2, 0.25) is 0 Å². The van der Waals surface area contributed by atoms with E-state index in [4.69, 9.17) is 4.74 Å². The van der Waals surface area contributed by atoms with Crippen LogP contribution in [0.2, 0.25) is 0 Å². The molecule has 1 aliphatic carbocycles. The van der Waals surface area contributed by atoms with Crippen LogP contribution in [0.5, 0.6) is 0 Å². The molecule has 0 radical (unpaired) electrons. The first-order chi connectivity index (χ1) is 9.10. The third-order valence-corrected chi connectivity index (χ3v) is 5.99. The van der Waals surface area contributed by atoms with Crippen LogP contribution in [-0.2, 0) is 4.74 Å². The maximum Gasteiger partial charge on any atom is 0.0830 e. The molecule has 2 nitrogen and oxygen atoms in total. The Balaban J connectivity index is 1.79. The molecule has 1 heterocycles.